The Morgan fingerprint density at radius 2 is 1.72 bits per heavy atom. The van der Waals surface area contributed by atoms with Gasteiger partial charge in [0.15, 0.2) is 0 Å². The van der Waals surface area contributed by atoms with Gasteiger partial charge in [-0.25, -0.2) is 0 Å². The Hall–Kier alpha value is -3.20. The zero-order chi connectivity index (χ0) is 25.2. The van der Waals surface area contributed by atoms with Crippen LogP contribution in [0.4, 0.5) is 10.5 Å². The number of carbonyl (C=O) groups excluding carboxylic acids is 3. The number of amides is 3. The van der Waals surface area contributed by atoms with E-state index in [0.717, 1.165) is 22.3 Å². The number of nitrogens with zero attached hydrogens (tertiary/aromatic N) is 3. The van der Waals surface area contributed by atoms with E-state index in [1.54, 1.807) is 35.2 Å². The smallest absolute Gasteiger partial charge is 0.294 e. The number of imide groups is 1. The minimum atomic E-state index is -0.514. The van der Waals surface area contributed by atoms with Gasteiger partial charge < -0.3 is 14.2 Å². The number of thioether (sulfide) groups is 1. The lowest BCUT2D eigenvalue weighted by molar-refractivity contribution is -0.136. The summed E-state index contributed by atoms with van der Waals surface area (Å²) < 4.78 is 5.81. The Morgan fingerprint density at radius 3 is 2.47 bits per heavy atom. The normalized spacial score (nSPS) is 17.4. The number of piperazine rings is 1. The SMILES string of the molecule is O=C(CN1C(=O)S/C(=C/c2ccc(-c3cc(Cl)ccc3Cl)o2)C1=O)N1CCN(c2ccccc2)CC1. The van der Waals surface area contributed by atoms with Crippen LogP contribution in [0.3, 0.4) is 0 Å². The maximum Gasteiger partial charge on any atom is 0.294 e. The predicted octanol–water partition coefficient (Wildman–Crippen LogP) is 5.64. The maximum atomic E-state index is 12.9. The third-order valence-corrected chi connectivity index (χ3v) is 7.49. The first-order valence-corrected chi connectivity index (χ1v) is 12.8. The van der Waals surface area contributed by atoms with E-state index in [1.807, 2.05) is 30.3 Å². The first-order chi connectivity index (χ1) is 17.4. The van der Waals surface area contributed by atoms with Crippen molar-refractivity contribution < 1.29 is 18.8 Å². The van der Waals surface area contributed by atoms with Crippen LogP contribution in [0.25, 0.3) is 17.4 Å². The van der Waals surface area contributed by atoms with Gasteiger partial charge in [0.25, 0.3) is 11.1 Å². The number of carbonyl (C=O) groups is 3. The molecule has 2 aliphatic heterocycles. The molecule has 0 radical (unpaired) electrons. The Bertz CT molecular complexity index is 1350. The van der Waals surface area contributed by atoms with E-state index >= 15 is 0 Å². The fraction of sp³-hybridized carbons (Fsp3) is 0.192. The van der Waals surface area contributed by atoms with Crippen molar-refractivity contribution in [3.63, 3.8) is 0 Å². The molecule has 2 aromatic carbocycles. The largest absolute Gasteiger partial charge is 0.457 e. The molecule has 1 aromatic heterocycles. The van der Waals surface area contributed by atoms with Crippen LogP contribution in [0.2, 0.25) is 10.0 Å². The molecule has 0 N–H and O–H groups in total. The van der Waals surface area contributed by atoms with Crippen LogP contribution in [0.1, 0.15) is 5.76 Å². The van der Waals surface area contributed by atoms with Crippen LogP contribution < -0.4 is 4.90 Å². The molecule has 3 heterocycles. The number of para-hydroxylation sites is 1. The maximum absolute atomic E-state index is 12.9. The molecule has 3 aromatic rings. The first-order valence-electron chi connectivity index (χ1n) is 11.3. The second-order valence-corrected chi connectivity index (χ2v) is 10.1. The molecule has 0 saturated carbocycles. The fourth-order valence-electron chi connectivity index (χ4n) is 4.12. The molecular formula is C26H21Cl2N3O4S. The van der Waals surface area contributed by atoms with Crippen molar-refractivity contribution in [2.75, 3.05) is 37.6 Å². The molecule has 2 fully saturated rings. The van der Waals surface area contributed by atoms with Crippen molar-refractivity contribution in [3.8, 4) is 11.3 Å². The van der Waals surface area contributed by atoms with Gasteiger partial charge in [-0.15, -0.1) is 0 Å². The van der Waals surface area contributed by atoms with Gasteiger partial charge in [-0.2, -0.15) is 0 Å². The van der Waals surface area contributed by atoms with Gasteiger partial charge in [-0.1, -0.05) is 41.4 Å². The molecule has 7 nitrogen and oxygen atoms in total. The van der Waals surface area contributed by atoms with Gasteiger partial charge >= 0.3 is 0 Å². The molecule has 3 amide bonds. The van der Waals surface area contributed by atoms with Crippen LogP contribution in [-0.4, -0.2) is 59.6 Å². The summed E-state index contributed by atoms with van der Waals surface area (Å²) in [5.41, 5.74) is 1.73. The van der Waals surface area contributed by atoms with Gasteiger partial charge in [0.05, 0.1) is 9.93 Å². The second kappa shape index (κ2) is 10.4. The molecule has 184 valence electrons. The zero-order valence-corrected chi connectivity index (χ0v) is 21.4. The second-order valence-electron chi connectivity index (χ2n) is 8.30. The van der Waals surface area contributed by atoms with Crippen LogP contribution in [-0.2, 0) is 9.59 Å². The molecule has 36 heavy (non-hydrogen) atoms. The molecular weight excluding hydrogens is 521 g/mol. The topological polar surface area (TPSA) is 74.1 Å². The zero-order valence-electron chi connectivity index (χ0n) is 19.0. The number of furan rings is 1. The molecule has 0 spiro atoms. The van der Waals surface area contributed by atoms with Gasteiger partial charge in [0, 0.05) is 48.5 Å². The average Bonchev–Trinajstić information content (AvgIpc) is 3.46. The summed E-state index contributed by atoms with van der Waals surface area (Å²) in [4.78, 5) is 43.4. The van der Waals surface area contributed by atoms with Crippen LogP contribution in [0.15, 0.2) is 70.0 Å². The number of halogens is 2. The van der Waals surface area contributed by atoms with E-state index in [4.69, 9.17) is 27.6 Å². The van der Waals surface area contributed by atoms with E-state index in [0.29, 0.717) is 53.3 Å². The van der Waals surface area contributed by atoms with E-state index in [2.05, 4.69) is 4.90 Å². The van der Waals surface area contributed by atoms with Gasteiger partial charge in [-0.3, -0.25) is 19.3 Å². The number of anilines is 1. The Balaban J connectivity index is 1.22. The summed E-state index contributed by atoms with van der Waals surface area (Å²) in [5.74, 6) is 0.106. The Morgan fingerprint density at radius 1 is 0.972 bits per heavy atom. The van der Waals surface area contributed by atoms with Crippen LogP contribution >= 0.6 is 35.0 Å². The van der Waals surface area contributed by atoms with E-state index in [1.165, 1.54) is 6.08 Å². The van der Waals surface area contributed by atoms with Crippen molar-refractivity contribution >= 4 is 63.8 Å². The summed E-state index contributed by atoms with van der Waals surface area (Å²) in [6.45, 7) is 2.15. The monoisotopic (exact) mass is 541 g/mol. The molecule has 0 aliphatic carbocycles. The van der Waals surface area contributed by atoms with Gasteiger partial charge in [0.2, 0.25) is 5.91 Å². The summed E-state index contributed by atoms with van der Waals surface area (Å²) in [6.07, 6.45) is 1.50. The van der Waals surface area contributed by atoms with E-state index in [9.17, 15) is 14.4 Å². The van der Waals surface area contributed by atoms with Crippen molar-refractivity contribution in [3.05, 3.63) is 81.4 Å². The third-order valence-electron chi connectivity index (χ3n) is 6.01. The third kappa shape index (κ3) is 5.16. The lowest BCUT2D eigenvalue weighted by Crippen LogP contribution is -2.51. The van der Waals surface area contributed by atoms with Gasteiger partial charge in [-0.05, 0) is 54.2 Å². The standard InChI is InChI=1S/C26H21Cl2N3O4S/c27-17-6-8-21(28)20(14-17)22-9-7-19(35-22)15-23-25(33)31(26(34)36-23)16-24(32)30-12-10-29(11-13-30)18-4-2-1-3-5-18/h1-9,14-15H,10-13,16H2/b23-15+. The van der Waals surface area contributed by atoms with E-state index in [-0.39, 0.29) is 17.4 Å². The number of rotatable bonds is 5. The molecule has 0 unspecified atom stereocenters. The Labute approximate surface area is 222 Å². The van der Waals surface area contributed by atoms with Crippen LogP contribution in [0, 0.1) is 0 Å². The highest BCUT2D eigenvalue weighted by molar-refractivity contribution is 8.18. The lowest BCUT2D eigenvalue weighted by Gasteiger charge is -2.36. The van der Waals surface area contributed by atoms with Crippen molar-refractivity contribution in [1.29, 1.82) is 0 Å². The highest BCUT2D eigenvalue weighted by Gasteiger charge is 2.37. The highest BCUT2D eigenvalue weighted by Crippen LogP contribution is 2.35. The van der Waals surface area contributed by atoms with Crippen LogP contribution in [0.5, 0.6) is 0 Å². The lowest BCUT2D eigenvalue weighted by atomic mass is 10.2. The molecule has 2 saturated heterocycles. The minimum absolute atomic E-state index is 0.194. The summed E-state index contributed by atoms with van der Waals surface area (Å²) in [7, 11) is 0. The first kappa shape index (κ1) is 24.5. The van der Waals surface area contributed by atoms with E-state index < -0.39 is 11.1 Å². The Kier molecular flexibility index (Phi) is 7.09. The van der Waals surface area contributed by atoms with Crippen molar-refractivity contribution in [2.45, 2.75) is 0 Å². The minimum Gasteiger partial charge on any atom is -0.457 e. The number of benzene rings is 2. The summed E-state index contributed by atoms with van der Waals surface area (Å²) >= 11 is 13.1. The van der Waals surface area contributed by atoms with Crippen molar-refractivity contribution in [1.82, 2.24) is 9.80 Å². The highest BCUT2D eigenvalue weighted by atomic mass is 35.5. The average molecular weight is 542 g/mol. The number of hydrogen-bond acceptors (Lipinski definition) is 6. The summed E-state index contributed by atoms with van der Waals surface area (Å²) in [6, 6.07) is 18.4. The molecule has 10 heteroatoms. The fourth-order valence-corrected chi connectivity index (χ4v) is 5.32. The van der Waals surface area contributed by atoms with Gasteiger partial charge in [0.1, 0.15) is 18.1 Å². The van der Waals surface area contributed by atoms with Crippen molar-refractivity contribution in [2.24, 2.45) is 0 Å². The molecule has 2 aliphatic rings. The summed E-state index contributed by atoms with van der Waals surface area (Å²) in [5, 5.41) is 0.510. The molecule has 0 bridgehead atoms. The molecule has 5 rings (SSSR count). The quantitative estimate of drug-likeness (QED) is 0.389. The predicted molar refractivity (Wildman–Crippen MR) is 142 cm³/mol. The number of hydrogen-bond donors (Lipinski definition) is 0. The molecule has 0 atom stereocenters.